The lowest BCUT2D eigenvalue weighted by molar-refractivity contribution is -0.154. The Morgan fingerprint density at radius 2 is 1.73 bits per heavy atom. The molecule has 0 bridgehead atoms. The van der Waals surface area contributed by atoms with Gasteiger partial charge in [0.05, 0.1) is 0 Å². The predicted octanol–water partition coefficient (Wildman–Crippen LogP) is 5.51. The highest BCUT2D eigenvalue weighted by molar-refractivity contribution is 7.97. The molecule has 0 aromatic heterocycles. The van der Waals surface area contributed by atoms with Gasteiger partial charge in [-0.15, -0.1) is 0 Å². The van der Waals surface area contributed by atoms with Gasteiger partial charge in [0.25, 0.3) is 0 Å². The Balaban J connectivity index is 1.42. The number of ether oxygens (including phenoxy) is 2. The van der Waals surface area contributed by atoms with Crippen molar-refractivity contribution in [2.24, 2.45) is 5.92 Å². The first-order valence-corrected chi connectivity index (χ1v) is 12.6. The molecule has 2 fully saturated rings. The van der Waals surface area contributed by atoms with Crippen molar-refractivity contribution < 1.29 is 14.3 Å². The molecule has 0 spiro atoms. The largest absolute Gasteiger partial charge is 0.481 e. The van der Waals surface area contributed by atoms with Gasteiger partial charge in [-0.25, -0.2) is 4.79 Å². The molecule has 4 rings (SSSR count). The number of hydrogen-bond acceptors (Lipinski definition) is 3. The lowest BCUT2D eigenvalue weighted by atomic mass is 10.1. The maximum Gasteiger partial charge on any atom is 0.345 e. The fraction of sp³-hybridized carbons (Fsp3) is 0.500. The zero-order valence-electron chi connectivity index (χ0n) is 18.0. The number of esters is 1. The van der Waals surface area contributed by atoms with E-state index in [1.54, 1.807) is 0 Å². The lowest BCUT2D eigenvalue weighted by Gasteiger charge is -2.19. The van der Waals surface area contributed by atoms with E-state index >= 15 is 0 Å². The smallest absolute Gasteiger partial charge is 0.345 e. The summed E-state index contributed by atoms with van der Waals surface area (Å²) in [7, 11) is 0.334. The Morgan fingerprint density at radius 1 is 1.03 bits per heavy atom. The van der Waals surface area contributed by atoms with Gasteiger partial charge in [0.15, 0.2) is 17.1 Å². The first-order valence-electron chi connectivity index (χ1n) is 11.1. The molecular formula is C26H31O3S+. The van der Waals surface area contributed by atoms with Gasteiger partial charge >= 0.3 is 5.97 Å². The first-order chi connectivity index (χ1) is 14.5. The van der Waals surface area contributed by atoms with Crippen LogP contribution >= 0.6 is 0 Å². The Labute approximate surface area is 182 Å². The molecule has 0 unspecified atom stereocenters. The summed E-state index contributed by atoms with van der Waals surface area (Å²) in [6, 6.07) is 12.6. The molecule has 1 aliphatic carbocycles. The second-order valence-corrected chi connectivity index (χ2v) is 11.0. The minimum atomic E-state index is -0.793. The SMILES string of the molecule is CC(C)(C#CC1CCCC1)OC(=O)COc1ccc([S+]2CCCC2)c2ccccc12. The van der Waals surface area contributed by atoms with Crippen LogP contribution in [0.2, 0.25) is 0 Å². The van der Waals surface area contributed by atoms with Crippen LogP contribution in [0.3, 0.4) is 0 Å². The minimum Gasteiger partial charge on any atom is -0.481 e. The quantitative estimate of drug-likeness (QED) is 0.362. The van der Waals surface area contributed by atoms with Crippen LogP contribution < -0.4 is 4.74 Å². The number of carbonyl (C=O) groups excluding carboxylic acids is 1. The van der Waals surface area contributed by atoms with Crippen molar-refractivity contribution in [2.75, 3.05) is 18.1 Å². The first kappa shape index (κ1) is 21.1. The van der Waals surface area contributed by atoms with Crippen LogP contribution in [0.15, 0.2) is 41.3 Å². The van der Waals surface area contributed by atoms with E-state index in [4.69, 9.17) is 9.47 Å². The van der Waals surface area contributed by atoms with Gasteiger partial charge in [0.1, 0.15) is 17.3 Å². The molecule has 1 heterocycles. The van der Waals surface area contributed by atoms with E-state index in [1.165, 1.54) is 47.5 Å². The zero-order valence-corrected chi connectivity index (χ0v) is 18.9. The summed E-state index contributed by atoms with van der Waals surface area (Å²) < 4.78 is 11.5. The number of fused-ring (bicyclic) bond motifs is 1. The van der Waals surface area contributed by atoms with Crippen LogP contribution in [0.1, 0.15) is 52.4 Å². The number of rotatable bonds is 5. The number of carbonyl (C=O) groups is 1. The van der Waals surface area contributed by atoms with Gasteiger partial charge in [-0.05, 0) is 57.7 Å². The average molecular weight is 424 g/mol. The lowest BCUT2D eigenvalue weighted by Crippen LogP contribution is -2.29. The van der Waals surface area contributed by atoms with Crippen molar-refractivity contribution in [3.05, 3.63) is 36.4 Å². The van der Waals surface area contributed by atoms with Crippen molar-refractivity contribution >= 4 is 27.6 Å². The summed E-state index contributed by atoms with van der Waals surface area (Å²) in [6.45, 7) is 3.59. The van der Waals surface area contributed by atoms with Gasteiger partial charge in [0, 0.05) is 27.6 Å². The van der Waals surface area contributed by atoms with E-state index in [-0.39, 0.29) is 12.6 Å². The van der Waals surface area contributed by atoms with E-state index in [0.29, 0.717) is 16.8 Å². The second-order valence-electron chi connectivity index (χ2n) is 8.74. The van der Waals surface area contributed by atoms with E-state index in [1.807, 2.05) is 26.0 Å². The predicted molar refractivity (Wildman–Crippen MR) is 124 cm³/mol. The van der Waals surface area contributed by atoms with Crippen LogP contribution in [-0.4, -0.2) is 29.7 Å². The summed E-state index contributed by atoms with van der Waals surface area (Å²) in [4.78, 5) is 13.9. The third-order valence-corrected chi connectivity index (χ3v) is 8.37. The average Bonchev–Trinajstić information content (AvgIpc) is 3.44. The third kappa shape index (κ3) is 5.13. The fourth-order valence-electron chi connectivity index (χ4n) is 4.32. The molecule has 0 amide bonds. The van der Waals surface area contributed by atoms with E-state index < -0.39 is 5.60 Å². The van der Waals surface area contributed by atoms with Gasteiger partial charge < -0.3 is 9.47 Å². The molecule has 0 N–H and O–H groups in total. The normalized spacial score (nSPS) is 17.7. The van der Waals surface area contributed by atoms with Crippen LogP contribution in [0.25, 0.3) is 10.8 Å². The van der Waals surface area contributed by atoms with Crippen LogP contribution in [-0.2, 0) is 20.4 Å². The molecule has 0 atom stereocenters. The minimum absolute atomic E-state index is 0.108. The molecular weight excluding hydrogens is 392 g/mol. The molecule has 1 aliphatic heterocycles. The highest BCUT2D eigenvalue weighted by Gasteiger charge is 2.29. The van der Waals surface area contributed by atoms with Gasteiger partial charge in [-0.3, -0.25) is 0 Å². The maximum atomic E-state index is 12.4. The van der Waals surface area contributed by atoms with Gasteiger partial charge in [0.2, 0.25) is 0 Å². The van der Waals surface area contributed by atoms with Crippen molar-refractivity contribution in [3.63, 3.8) is 0 Å². The van der Waals surface area contributed by atoms with E-state index in [9.17, 15) is 4.79 Å². The monoisotopic (exact) mass is 423 g/mol. The summed E-state index contributed by atoms with van der Waals surface area (Å²) in [5.74, 6) is 9.82. The molecule has 30 heavy (non-hydrogen) atoms. The molecule has 0 radical (unpaired) electrons. The van der Waals surface area contributed by atoms with Crippen LogP contribution in [0.4, 0.5) is 0 Å². The molecule has 1 saturated heterocycles. The summed E-state index contributed by atoms with van der Waals surface area (Å²) >= 11 is 0. The second kappa shape index (κ2) is 9.35. The Bertz CT molecular complexity index is 957. The highest BCUT2D eigenvalue weighted by atomic mass is 32.2. The maximum absolute atomic E-state index is 12.4. The van der Waals surface area contributed by atoms with Crippen molar-refractivity contribution in [1.29, 1.82) is 0 Å². The Morgan fingerprint density at radius 3 is 2.47 bits per heavy atom. The molecule has 2 aromatic rings. The molecule has 2 aromatic carbocycles. The van der Waals surface area contributed by atoms with Gasteiger partial charge in [-0.1, -0.05) is 42.9 Å². The summed E-state index contributed by atoms with van der Waals surface area (Å²) in [6.07, 6.45) is 7.46. The van der Waals surface area contributed by atoms with Crippen molar-refractivity contribution in [1.82, 2.24) is 0 Å². The zero-order chi connectivity index (χ0) is 21.0. The third-order valence-electron chi connectivity index (χ3n) is 5.83. The Hall–Kier alpha value is -2.12. The topological polar surface area (TPSA) is 35.5 Å². The molecule has 4 heteroatoms. The molecule has 1 saturated carbocycles. The van der Waals surface area contributed by atoms with Crippen molar-refractivity contribution in [2.45, 2.75) is 62.9 Å². The Kier molecular flexibility index (Phi) is 6.58. The van der Waals surface area contributed by atoms with E-state index in [2.05, 4.69) is 36.1 Å². The standard InChI is InChI=1S/C26H31O3S/c1-26(2,16-15-20-9-3-4-10-20)29-25(27)19-28-23-13-14-24(30-17-7-8-18-30)22-12-6-5-11-21(22)23/h5-6,11-14,20H,3-4,7-10,17-19H2,1-2H3/q+1. The van der Waals surface area contributed by atoms with Crippen LogP contribution in [0.5, 0.6) is 5.75 Å². The number of hydrogen-bond donors (Lipinski definition) is 0. The van der Waals surface area contributed by atoms with Crippen LogP contribution in [0, 0.1) is 17.8 Å². The van der Waals surface area contributed by atoms with Gasteiger partial charge in [-0.2, -0.15) is 0 Å². The number of benzene rings is 2. The molecule has 3 nitrogen and oxygen atoms in total. The van der Waals surface area contributed by atoms with E-state index in [0.717, 1.165) is 24.0 Å². The highest BCUT2D eigenvalue weighted by Crippen LogP contribution is 2.34. The van der Waals surface area contributed by atoms with Crippen molar-refractivity contribution in [3.8, 4) is 17.6 Å². The summed E-state index contributed by atoms with van der Waals surface area (Å²) in [5, 5.41) is 2.32. The fourth-order valence-corrected chi connectivity index (χ4v) is 6.82. The summed E-state index contributed by atoms with van der Waals surface area (Å²) in [5.41, 5.74) is -0.793. The molecule has 2 aliphatic rings. The molecule has 158 valence electrons.